The summed E-state index contributed by atoms with van der Waals surface area (Å²) in [6.07, 6.45) is 4.69. The third-order valence-electron chi connectivity index (χ3n) is 4.64. The number of carbonyl (C=O) groups excluding carboxylic acids is 2. The van der Waals surface area contributed by atoms with Gasteiger partial charge in [0.25, 0.3) is 0 Å². The van der Waals surface area contributed by atoms with E-state index in [4.69, 9.17) is 16.3 Å². The molecule has 0 aromatic heterocycles. The van der Waals surface area contributed by atoms with Crippen molar-refractivity contribution in [3.05, 3.63) is 23.2 Å². The highest BCUT2D eigenvalue weighted by molar-refractivity contribution is 6.32. The molecule has 1 saturated heterocycles. The van der Waals surface area contributed by atoms with Gasteiger partial charge in [0.1, 0.15) is 5.75 Å². The first kappa shape index (κ1) is 16.1. The smallest absolute Gasteiger partial charge is 0.227 e. The molecular weight excluding hydrogens is 316 g/mol. The van der Waals surface area contributed by atoms with E-state index in [1.807, 2.05) is 0 Å². The van der Waals surface area contributed by atoms with Gasteiger partial charge in [0.15, 0.2) is 0 Å². The van der Waals surface area contributed by atoms with Crippen LogP contribution >= 0.6 is 11.6 Å². The van der Waals surface area contributed by atoms with Gasteiger partial charge >= 0.3 is 0 Å². The Hall–Kier alpha value is -1.75. The van der Waals surface area contributed by atoms with Gasteiger partial charge in [-0.3, -0.25) is 9.59 Å². The lowest BCUT2D eigenvalue weighted by Crippen LogP contribution is -2.38. The maximum atomic E-state index is 12.4. The van der Waals surface area contributed by atoms with Gasteiger partial charge in [0.05, 0.1) is 18.1 Å². The molecule has 1 N–H and O–H groups in total. The molecule has 1 aromatic carbocycles. The SMILES string of the molecule is COc1ccc(N2CC(C(=O)NC3CCCC3)CC2=O)cc1Cl. The van der Waals surface area contributed by atoms with Crippen molar-refractivity contribution in [2.24, 2.45) is 5.92 Å². The molecule has 1 aliphatic carbocycles. The van der Waals surface area contributed by atoms with Crippen LogP contribution in [-0.4, -0.2) is 31.5 Å². The fourth-order valence-corrected chi connectivity index (χ4v) is 3.60. The lowest BCUT2D eigenvalue weighted by atomic mass is 10.1. The number of carbonyl (C=O) groups is 2. The predicted octanol–water partition coefficient (Wildman–Crippen LogP) is 2.76. The normalized spacial score (nSPS) is 21.7. The van der Waals surface area contributed by atoms with Crippen LogP contribution in [0.15, 0.2) is 18.2 Å². The van der Waals surface area contributed by atoms with Gasteiger partial charge in [-0.2, -0.15) is 0 Å². The highest BCUT2D eigenvalue weighted by Crippen LogP contribution is 2.32. The van der Waals surface area contributed by atoms with E-state index in [2.05, 4.69) is 5.32 Å². The Bertz CT molecular complexity index is 614. The van der Waals surface area contributed by atoms with Gasteiger partial charge in [-0.25, -0.2) is 0 Å². The molecule has 23 heavy (non-hydrogen) atoms. The first-order chi connectivity index (χ1) is 11.1. The minimum atomic E-state index is -0.288. The van der Waals surface area contributed by atoms with E-state index in [1.165, 1.54) is 12.8 Å². The van der Waals surface area contributed by atoms with E-state index in [9.17, 15) is 9.59 Å². The Morgan fingerprint density at radius 2 is 2.09 bits per heavy atom. The molecule has 2 fully saturated rings. The molecule has 1 heterocycles. The summed E-state index contributed by atoms with van der Waals surface area (Å²) >= 11 is 6.13. The van der Waals surface area contributed by atoms with Gasteiger partial charge in [0, 0.05) is 24.7 Å². The number of methoxy groups -OCH3 is 1. The summed E-state index contributed by atoms with van der Waals surface area (Å²) in [5.41, 5.74) is 0.706. The molecule has 0 radical (unpaired) electrons. The lowest BCUT2D eigenvalue weighted by molar-refractivity contribution is -0.126. The van der Waals surface area contributed by atoms with Crippen molar-refractivity contribution in [1.82, 2.24) is 5.32 Å². The Kier molecular flexibility index (Phi) is 4.76. The minimum Gasteiger partial charge on any atom is -0.495 e. The first-order valence-electron chi connectivity index (χ1n) is 8.02. The molecule has 124 valence electrons. The highest BCUT2D eigenvalue weighted by atomic mass is 35.5. The average molecular weight is 337 g/mol. The maximum Gasteiger partial charge on any atom is 0.227 e. The number of amides is 2. The summed E-state index contributed by atoms with van der Waals surface area (Å²) in [5, 5.41) is 3.53. The second kappa shape index (κ2) is 6.79. The van der Waals surface area contributed by atoms with Crippen LogP contribution in [0.1, 0.15) is 32.1 Å². The van der Waals surface area contributed by atoms with Crippen LogP contribution in [0.25, 0.3) is 0 Å². The van der Waals surface area contributed by atoms with Crippen LogP contribution in [0, 0.1) is 5.92 Å². The topological polar surface area (TPSA) is 58.6 Å². The summed E-state index contributed by atoms with van der Waals surface area (Å²) in [6, 6.07) is 5.51. The molecule has 3 rings (SSSR count). The summed E-state index contributed by atoms with van der Waals surface area (Å²) < 4.78 is 5.12. The number of halogens is 1. The number of nitrogens with zero attached hydrogens (tertiary/aromatic N) is 1. The molecule has 2 amide bonds. The zero-order valence-electron chi connectivity index (χ0n) is 13.2. The van der Waals surface area contributed by atoms with Crippen molar-refractivity contribution in [3.63, 3.8) is 0 Å². The quantitative estimate of drug-likeness (QED) is 0.919. The fourth-order valence-electron chi connectivity index (χ4n) is 3.35. The van der Waals surface area contributed by atoms with Crippen molar-refractivity contribution < 1.29 is 14.3 Å². The van der Waals surface area contributed by atoms with Crippen LogP contribution in [0.3, 0.4) is 0 Å². The van der Waals surface area contributed by atoms with Crippen LogP contribution < -0.4 is 15.0 Å². The molecular formula is C17H21ClN2O3. The van der Waals surface area contributed by atoms with Gasteiger partial charge < -0.3 is 15.0 Å². The van der Waals surface area contributed by atoms with E-state index < -0.39 is 0 Å². The third kappa shape index (κ3) is 3.44. The van der Waals surface area contributed by atoms with Crippen LogP contribution in [0.5, 0.6) is 5.75 Å². The second-order valence-electron chi connectivity index (χ2n) is 6.21. The summed E-state index contributed by atoms with van der Waals surface area (Å²) in [7, 11) is 1.55. The van der Waals surface area contributed by atoms with E-state index >= 15 is 0 Å². The van der Waals surface area contributed by atoms with E-state index in [0.29, 0.717) is 23.0 Å². The molecule has 2 aliphatic rings. The molecule has 6 heteroatoms. The van der Waals surface area contributed by atoms with Crippen LogP contribution in [0.2, 0.25) is 5.02 Å². The number of hydrogen-bond donors (Lipinski definition) is 1. The largest absolute Gasteiger partial charge is 0.495 e. The van der Waals surface area contributed by atoms with Crippen molar-refractivity contribution in [2.45, 2.75) is 38.1 Å². The summed E-state index contributed by atoms with van der Waals surface area (Å²) in [4.78, 5) is 26.2. The van der Waals surface area contributed by atoms with Gasteiger partial charge in [-0.05, 0) is 31.0 Å². The summed E-state index contributed by atoms with van der Waals surface area (Å²) in [5.74, 6) is 0.228. The summed E-state index contributed by atoms with van der Waals surface area (Å²) in [6.45, 7) is 0.403. The van der Waals surface area contributed by atoms with Crippen LogP contribution in [-0.2, 0) is 9.59 Å². The first-order valence-corrected chi connectivity index (χ1v) is 8.40. The minimum absolute atomic E-state index is 0.00708. The number of anilines is 1. The van der Waals surface area contributed by atoms with E-state index in [1.54, 1.807) is 30.2 Å². The van der Waals surface area contributed by atoms with Crippen molar-refractivity contribution >= 4 is 29.1 Å². The number of nitrogens with one attached hydrogen (secondary N) is 1. The number of rotatable bonds is 4. The number of benzene rings is 1. The molecule has 1 aromatic rings. The molecule has 1 aliphatic heterocycles. The fraction of sp³-hybridized carbons (Fsp3) is 0.529. The zero-order chi connectivity index (χ0) is 16.4. The molecule has 1 unspecified atom stereocenters. The third-order valence-corrected chi connectivity index (χ3v) is 4.94. The standard InChI is InChI=1S/C17H21ClN2O3/c1-23-15-7-6-13(9-14(15)18)20-10-11(8-16(20)21)17(22)19-12-4-2-3-5-12/h6-7,9,11-12H,2-5,8,10H2,1H3,(H,19,22). The van der Waals surface area contributed by atoms with Crippen molar-refractivity contribution in [3.8, 4) is 5.75 Å². The number of hydrogen-bond acceptors (Lipinski definition) is 3. The van der Waals surface area contributed by atoms with Gasteiger partial charge in [-0.15, -0.1) is 0 Å². The Morgan fingerprint density at radius 1 is 1.35 bits per heavy atom. The van der Waals surface area contributed by atoms with Gasteiger partial charge in [0.2, 0.25) is 11.8 Å². The Morgan fingerprint density at radius 3 is 2.74 bits per heavy atom. The molecule has 5 nitrogen and oxygen atoms in total. The van der Waals surface area contributed by atoms with E-state index in [-0.39, 0.29) is 30.2 Å². The maximum absolute atomic E-state index is 12.4. The lowest BCUT2D eigenvalue weighted by Gasteiger charge is -2.19. The van der Waals surface area contributed by atoms with Gasteiger partial charge in [-0.1, -0.05) is 24.4 Å². The monoisotopic (exact) mass is 336 g/mol. The van der Waals surface area contributed by atoms with Crippen molar-refractivity contribution in [1.29, 1.82) is 0 Å². The molecule has 1 saturated carbocycles. The Balaban J connectivity index is 1.67. The van der Waals surface area contributed by atoms with Crippen LogP contribution in [0.4, 0.5) is 5.69 Å². The highest BCUT2D eigenvalue weighted by Gasteiger charge is 2.36. The predicted molar refractivity (Wildman–Crippen MR) is 88.9 cm³/mol. The second-order valence-corrected chi connectivity index (χ2v) is 6.62. The molecule has 0 spiro atoms. The molecule has 0 bridgehead atoms. The average Bonchev–Trinajstić information content (AvgIpc) is 3.16. The van der Waals surface area contributed by atoms with E-state index in [0.717, 1.165) is 12.8 Å². The molecule has 1 atom stereocenters. The Labute approximate surface area is 140 Å². The zero-order valence-corrected chi connectivity index (χ0v) is 13.9. The van der Waals surface area contributed by atoms with Crippen molar-refractivity contribution in [2.75, 3.05) is 18.6 Å². The number of ether oxygens (including phenoxy) is 1.